The zero-order valence-electron chi connectivity index (χ0n) is 11.8. The molecule has 5 nitrogen and oxygen atoms in total. The van der Waals surface area contributed by atoms with Gasteiger partial charge in [0.1, 0.15) is 0 Å². The Labute approximate surface area is 118 Å². The van der Waals surface area contributed by atoms with Crippen molar-refractivity contribution in [1.29, 1.82) is 0 Å². The standard InChI is InChI=1S/C15H19N3O2/c1-3-18-14(9-10-17-18)11-16-13-7-5-12(6-8-13)15(19)20-4-2/h5-10,16H,3-4,11H2,1-2H3. The molecule has 0 saturated carbocycles. The van der Waals surface area contributed by atoms with Crippen LogP contribution < -0.4 is 5.32 Å². The lowest BCUT2D eigenvalue weighted by Gasteiger charge is -2.08. The molecule has 0 unspecified atom stereocenters. The molecule has 1 heterocycles. The molecule has 0 atom stereocenters. The molecule has 1 aromatic carbocycles. The van der Waals surface area contributed by atoms with Gasteiger partial charge in [-0.1, -0.05) is 0 Å². The van der Waals surface area contributed by atoms with Gasteiger partial charge in [0.15, 0.2) is 0 Å². The van der Waals surface area contributed by atoms with E-state index < -0.39 is 0 Å². The summed E-state index contributed by atoms with van der Waals surface area (Å²) in [6, 6.07) is 9.26. The first-order valence-corrected chi connectivity index (χ1v) is 6.76. The van der Waals surface area contributed by atoms with E-state index in [2.05, 4.69) is 17.3 Å². The number of carbonyl (C=O) groups is 1. The van der Waals surface area contributed by atoms with E-state index in [-0.39, 0.29) is 5.97 Å². The van der Waals surface area contributed by atoms with Gasteiger partial charge >= 0.3 is 5.97 Å². The Kier molecular flexibility index (Phi) is 4.76. The maximum absolute atomic E-state index is 11.5. The fourth-order valence-corrected chi connectivity index (χ4v) is 1.93. The predicted octanol–water partition coefficient (Wildman–Crippen LogP) is 2.69. The van der Waals surface area contributed by atoms with Crippen LogP contribution in [0.15, 0.2) is 36.5 Å². The van der Waals surface area contributed by atoms with Crippen molar-refractivity contribution in [2.75, 3.05) is 11.9 Å². The second-order valence-corrected chi connectivity index (χ2v) is 4.29. The van der Waals surface area contributed by atoms with Gasteiger partial charge in [0, 0.05) is 18.4 Å². The lowest BCUT2D eigenvalue weighted by Crippen LogP contribution is -2.08. The number of carbonyl (C=O) groups excluding carboxylic acids is 1. The van der Waals surface area contributed by atoms with E-state index in [0.29, 0.717) is 18.7 Å². The van der Waals surface area contributed by atoms with Crippen LogP contribution >= 0.6 is 0 Å². The van der Waals surface area contributed by atoms with Crippen molar-refractivity contribution in [2.24, 2.45) is 0 Å². The maximum atomic E-state index is 11.5. The molecule has 1 aromatic heterocycles. The molecule has 0 fully saturated rings. The largest absolute Gasteiger partial charge is 0.462 e. The number of nitrogens with one attached hydrogen (secondary N) is 1. The quantitative estimate of drug-likeness (QED) is 0.822. The number of benzene rings is 1. The van der Waals surface area contributed by atoms with Gasteiger partial charge in [-0.3, -0.25) is 4.68 Å². The number of nitrogens with zero attached hydrogens (tertiary/aromatic N) is 2. The highest BCUT2D eigenvalue weighted by Crippen LogP contribution is 2.12. The van der Waals surface area contributed by atoms with Crippen LogP contribution in [-0.2, 0) is 17.8 Å². The first-order chi connectivity index (χ1) is 9.74. The molecule has 0 spiro atoms. The zero-order valence-corrected chi connectivity index (χ0v) is 11.8. The number of esters is 1. The predicted molar refractivity (Wildman–Crippen MR) is 77.6 cm³/mol. The highest BCUT2D eigenvalue weighted by atomic mass is 16.5. The second kappa shape index (κ2) is 6.75. The van der Waals surface area contributed by atoms with Crippen LogP contribution in [-0.4, -0.2) is 22.4 Å². The van der Waals surface area contributed by atoms with Crippen LogP contribution in [0.25, 0.3) is 0 Å². The number of aryl methyl sites for hydroxylation is 1. The highest BCUT2D eigenvalue weighted by Gasteiger charge is 2.06. The van der Waals surface area contributed by atoms with Gasteiger partial charge in [-0.05, 0) is 44.2 Å². The van der Waals surface area contributed by atoms with Crippen molar-refractivity contribution in [2.45, 2.75) is 26.9 Å². The van der Waals surface area contributed by atoms with E-state index in [9.17, 15) is 4.79 Å². The normalized spacial score (nSPS) is 10.3. The Morgan fingerprint density at radius 2 is 2.00 bits per heavy atom. The third-order valence-corrected chi connectivity index (χ3v) is 2.97. The Morgan fingerprint density at radius 3 is 2.65 bits per heavy atom. The van der Waals surface area contributed by atoms with Crippen molar-refractivity contribution in [3.05, 3.63) is 47.8 Å². The Hall–Kier alpha value is -2.30. The van der Waals surface area contributed by atoms with E-state index in [1.807, 2.05) is 22.9 Å². The van der Waals surface area contributed by atoms with Crippen molar-refractivity contribution < 1.29 is 9.53 Å². The molecular formula is C15H19N3O2. The van der Waals surface area contributed by atoms with Gasteiger partial charge < -0.3 is 10.1 Å². The fraction of sp³-hybridized carbons (Fsp3) is 0.333. The molecule has 0 radical (unpaired) electrons. The summed E-state index contributed by atoms with van der Waals surface area (Å²) in [5.41, 5.74) is 2.65. The zero-order chi connectivity index (χ0) is 14.4. The molecule has 0 aliphatic rings. The Morgan fingerprint density at radius 1 is 1.25 bits per heavy atom. The lowest BCUT2D eigenvalue weighted by atomic mass is 10.2. The molecule has 0 aliphatic carbocycles. The van der Waals surface area contributed by atoms with Crippen LogP contribution in [0.1, 0.15) is 29.9 Å². The van der Waals surface area contributed by atoms with Gasteiger partial charge in [-0.15, -0.1) is 0 Å². The summed E-state index contributed by atoms with van der Waals surface area (Å²) in [6.45, 7) is 5.80. The van der Waals surface area contributed by atoms with E-state index in [0.717, 1.165) is 17.9 Å². The first kappa shape index (κ1) is 14.1. The molecule has 0 aliphatic heterocycles. The maximum Gasteiger partial charge on any atom is 0.338 e. The molecule has 20 heavy (non-hydrogen) atoms. The number of ether oxygens (including phenoxy) is 1. The van der Waals surface area contributed by atoms with Crippen molar-refractivity contribution >= 4 is 11.7 Å². The van der Waals surface area contributed by atoms with Crippen LogP contribution in [0.4, 0.5) is 5.69 Å². The van der Waals surface area contributed by atoms with E-state index in [4.69, 9.17) is 4.74 Å². The fourth-order valence-electron chi connectivity index (χ4n) is 1.93. The molecule has 106 valence electrons. The monoisotopic (exact) mass is 273 g/mol. The van der Waals surface area contributed by atoms with Gasteiger partial charge in [0.05, 0.1) is 24.4 Å². The third kappa shape index (κ3) is 3.38. The minimum Gasteiger partial charge on any atom is -0.462 e. The van der Waals surface area contributed by atoms with Gasteiger partial charge in [0.2, 0.25) is 0 Å². The van der Waals surface area contributed by atoms with E-state index in [1.54, 1.807) is 25.3 Å². The number of anilines is 1. The molecule has 2 rings (SSSR count). The molecule has 0 amide bonds. The molecule has 0 bridgehead atoms. The SMILES string of the molecule is CCOC(=O)c1ccc(NCc2ccnn2CC)cc1. The molecule has 1 N–H and O–H groups in total. The molecular weight excluding hydrogens is 254 g/mol. The first-order valence-electron chi connectivity index (χ1n) is 6.76. The summed E-state index contributed by atoms with van der Waals surface area (Å²) in [4.78, 5) is 11.5. The summed E-state index contributed by atoms with van der Waals surface area (Å²) in [6.07, 6.45) is 1.80. The van der Waals surface area contributed by atoms with Crippen LogP contribution in [0.5, 0.6) is 0 Å². The Balaban J connectivity index is 1.95. The average Bonchev–Trinajstić information content (AvgIpc) is 2.93. The van der Waals surface area contributed by atoms with Crippen LogP contribution in [0.3, 0.4) is 0 Å². The molecule has 2 aromatic rings. The van der Waals surface area contributed by atoms with E-state index >= 15 is 0 Å². The van der Waals surface area contributed by atoms with Crippen LogP contribution in [0, 0.1) is 0 Å². The third-order valence-electron chi connectivity index (χ3n) is 2.97. The summed E-state index contributed by atoms with van der Waals surface area (Å²) in [5, 5.41) is 7.53. The minimum atomic E-state index is -0.289. The summed E-state index contributed by atoms with van der Waals surface area (Å²) in [7, 11) is 0. The van der Waals surface area contributed by atoms with Crippen molar-refractivity contribution in [3.63, 3.8) is 0 Å². The highest BCUT2D eigenvalue weighted by molar-refractivity contribution is 5.89. The van der Waals surface area contributed by atoms with Crippen LogP contribution in [0.2, 0.25) is 0 Å². The topological polar surface area (TPSA) is 56.1 Å². The number of hydrogen-bond donors (Lipinski definition) is 1. The number of rotatable bonds is 6. The Bertz CT molecular complexity index is 561. The number of hydrogen-bond acceptors (Lipinski definition) is 4. The summed E-state index contributed by atoms with van der Waals surface area (Å²) in [5.74, 6) is -0.289. The minimum absolute atomic E-state index is 0.289. The lowest BCUT2D eigenvalue weighted by molar-refractivity contribution is 0.0526. The second-order valence-electron chi connectivity index (χ2n) is 4.29. The van der Waals surface area contributed by atoms with Gasteiger partial charge in [0.25, 0.3) is 0 Å². The molecule has 5 heteroatoms. The van der Waals surface area contributed by atoms with Crippen molar-refractivity contribution in [1.82, 2.24) is 9.78 Å². The molecule has 0 saturated heterocycles. The summed E-state index contributed by atoms with van der Waals surface area (Å²) >= 11 is 0. The van der Waals surface area contributed by atoms with E-state index in [1.165, 1.54) is 0 Å². The summed E-state index contributed by atoms with van der Waals surface area (Å²) < 4.78 is 6.89. The smallest absolute Gasteiger partial charge is 0.338 e. The average molecular weight is 273 g/mol. The van der Waals surface area contributed by atoms with Gasteiger partial charge in [-0.2, -0.15) is 5.10 Å². The van der Waals surface area contributed by atoms with Gasteiger partial charge in [-0.25, -0.2) is 4.79 Å². The van der Waals surface area contributed by atoms with Crippen molar-refractivity contribution in [3.8, 4) is 0 Å². The number of aromatic nitrogens is 2.